The molecule has 0 radical (unpaired) electrons. The van der Waals surface area contributed by atoms with Gasteiger partial charge in [-0.05, 0) is 30.4 Å². The van der Waals surface area contributed by atoms with Gasteiger partial charge in [0.2, 0.25) is 0 Å². The molecule has 2 rings (SSSR count). The van der Waals surface area contributed by atoms with Gasteiger partial charge in [-0.25, -0.2) is 0 Å². The largest absolute Gasteiger partial charge is 0.491 e. The highest BCUT2D eigenvalue weighted by atomic mass is 16.5. The van der Waals surface area contributed by atoms with E-state index in [0.717, 1.165) is 37.7 Å². The molecule has 0 amide bonds. The Morgan fingerprint density at radius 1 is 1.35 bits per heavy atom. The second-order valence-corrected chi connectivity index (χ2v) is 6.06. The minimum absolute atomic E-state index is 0.308. The van der Waals surface area contributed by atoms with Crippen molar-refractivity contribution in [3.63, 3.8) is 0 Å². The summed E-state index contributed by atoms with van der Waals surface area (Å²) in [4.78, 5) is 4.22. The Morgan fingerprint density at radius 3 is 2.87 bits per heavy atom. The van der Waals surface area contributed by atoms with Gasteiger partial charge in [-0.2, -0.15) is 0 Å². The molecule has 0 spiro atoms. The monoisotopic (exact) mass is 319 g/mol. The van der Waals surface area contributed by atoms with Gasteiger partial charge in [0.05, 0.1) is 12.6 Å². The van der Waals surface area contributed by atoms with E-state index >= 15 is 0 Å². The molecule has 23 heavy (non-hydrogen) atoms. The first kappa shape index (κ1) is 17.6. The van der Waals surface area contributed by atoms with Crippen LogP contribution in [-0.2, 0) is 4.74 Å². The summed E-state index contributed by atoms with van der Waals surface area (Å²) >= 11 is 0. The average Bonchev–Trinajstić information content (AvgIpc) is 3.08. The molecule has 1 unspecified atom stereocenters. The SMILES string of the molecule is CN=C(NCCOc1ccccc1C(C)C)NCC1CCCO1. The first-order chi connectivity index (χ1) is 11.2. The van der Waals surface area contributed by atoms with Crippen molar-refractivity contribution in [1.82, 2.24) is 10.6 Å². The topological polar surface area (TPSA) is 54.9 Å². The summed E-state index contributed by atoms with van der Waals surface area (Å²) in [5, 5.41) is 6.57. The number of guanidine groups is 1. The van der Waals surface area contributed by atoms with Crippen LogP contribution in [-0.4, -0.2) is 45.4 Å². The third kappa shape index (κ3) is 5.75. The summed E-state index contributed by atoms with van der Waals surface area (Å²) < 4.78 is 11.5. The number of benzene rings is 1. The highest BCUT2D eigenvalue weighted by Gasteiger charge is 2.15. The van der Waals surface area contributed by atoms with Crippen LogP contribution in [0.15, 0.2) is 29.3 Å². The van der Waals surface area contributed by atoms with Gasteiger partial charge in [-0.1, -0.05) is 32.0 Å². The summed E-state index contributed by atoms with van der Waals surface area (Å²) in [7, 11) is 1.78. The lowest BCUT2D eigenvalue weighted by Crippen LogP contribution is -2.42. The number of nitrogens with one attached hydrogen (secondary N) is 2. The van der Waals surface area contributed by atoms with Crippen LogP contribution >= 0.6 is 0 Å². The minimum atomic E-state index is 0.308. The summed E-state index contributed by atoms with van der Waals surface area (Å²) in [6.07, 6.45) is 2.59. The third-order valence-corrected chi connectivity index (χ3v) is 3.94. The van der Waals surface area contributed by atoms with Gasteiger partial charge in [-0.15, -0.1) is 0 Å². The van der Waals surface area contributed by atoms with Crippen LogP contribution in [0, 0.1) is 0 Å². The zero-order valence-corrected chi connectivity index (χ0v) is 14.5. The summed E-state index contributed by atoms with van der Waals surface area (Å²) in [5.74, 6) is 2.22. The molecule has 5 nitrogen and oxygen atoms in total. The quantitative estimate of drug-likeness (QED) is 0.461. The van der Waals surface area contributed by atoms with E-state index in [2.05, 4.69) is 41.6 Å². The second-order valence-electron chi connectivity index (χ2n) is 6.06. The summed E-state index contributed by atoms with van der Waals surface area (Å²) in [6.45, 7) is 7.34. The Labute approximate surface area is 139 Å². The van der Waals surface area contributed by atoms with Gasteiger partial charge in [0.15, 0.2) is 5.96 Å². The van der Waals surface area contributed by atoms with E-state index in [4.69, 9.17) is 9.47 Å². The van der Waals surface area contributed by atoms with Gasteiger partial charge in [0, 0.05) is 20.2 Å². The zero-order valence-electron chi connectivity index (χ0n) is 14.5. The first-order valence-corrected chi connectivity index (χ1v) is 8.48. The fourth-order valence-electron chi connectivity index (χ4n) is 2.66. The second kappa shape index (κ2) is 9.40. The number of rotatable bonds is 7. The molecule has 0 bridgehead atoms. The Kier molecular flexibility index (Phi) is 7.20. The standard InChI is InChI=1S/C18H29N3O2/c1-14(2)16-8-4-5-9-17(16)23-12-10-20-18(19-3)21-13-15-7-6-11-22-15/h4-5,8-9,14-15H,6-7,10-13H2,1-3H3,(H2,19,20,21). The van der Waals surface area contributed by atoms with Crippen LogP contribution in [0.5, 0.6) is 5.75 Å². The van der Waals surface area contributed by atoms with Crippen LogP contribution in [0.3, 0.4) is 0 Å². The van der Waals surface area contributed by atoms with Crippen LogP contribution < -0.4 is 15.4 Å². The third-order valence-electron chi connectivity index (χ3n) is 3.94. The van der Waals surface area contributed by atoms with Crippen molar-refractivity contribution in [3.8, 4) is 5.75 Å². The minimum Gasteiger partial charge on any atom is -0.491 e. The summed E-state index contributed by atoms with van der Waals surface area (Å²) in [5.41, 5.74) is 1.24. The van der Waals surface area contributed by atoms with Gasteiger partial charge in [-0.3, -0.25) is 4.99 Å². The number of ether oxygens (including phenoxy) is 2. The molecular formula is C18H29N3O2. The van der Waals surface area contributed by atoms with Crippen LogP contribution in [0.25, 0.3) is 0 Å². The van der Waals surface area contributed by atoms with E-state index in [9.17, 15) is 0 Å². The maximum absolute atomic E-state index is 5.90. The lowest BCUT2D eigenvalue weighted by Gasteiger charge is -2.16. The lowest BCUT2D eigenvalue weighted by molar-refractivity contribution is 0.114. The van der Waals surface area contributed by atoms with Crippen molar-refractivity contribution in [3.05, 3.63) is 29.8 Å². The molecule has 1 fully saturated rings. The van der Waals surface area contributed by atoms with Crippen molar-refractivity contribution in [2.75, 3.05) is 33.4 Å². The van der Waals surface area contributed by atoms with E-state index in [-0.39, 0.29) is 0 Å². The Balaban J connectivity index is 1.69. The smallest absolute Gasteiger partial charge is 0.191 e. The molecule has 1 aliphatic rings. The van der Waals surface area contributed by atoms with E-state index in [1.165, 1.54) is 5.56 Å². The highest BCUT2D eigenvalue weighted by molar-refractivity contribution is 5.79. The van der Waals surface area contributed by atoms with Crippen LogP contribution in [0.4, 0.5) is 0 Å². The maximum atomic E-state index is 5.90. The molecule has 0 aliphatic carbocycles. The first-order valence-electron chi connectivity index (χ1n) is 8.48. The molecule has 128 valence electrons. The Morgan fingerprint density at radius 2 is 2.17 bits per heavy atom. The van der Waals surface area contributed by atoms with E-state index in [1.54, 1.807) is 7.05 Å². The van der Waals surface area contributed by atoms with Gasteiger partial charge in [0.1, 0.15) is 12.4 Å². The molecule has 1 aliphatic heterocycles. The van der Waals surface area contributed by atoms with Crippen molar-refractivity contribution in [1.29, 1.82) is 0 Å². The molecule has 1 saturated heterocycles. The normalized spacial score (nSPS) is 18.3. The molecular weight excluding hydrogens is 290 g/mol. The van der Waals surface area contributed by atoms with E-state index in [1.807, 2.05) is 12.1 Å². The average molecular weight is 319 g/mol. The van der Waals surface area contributed by atoms with Crippen LogP contribution in [0.2, 0.25) is 0 Å². The van der Waals surface area contributed by atoms with Crippen molar-refractivity contribution in [2.24, 2.45) is 4.99 Å². The Bertz CT molecular complexity index is 497. The molecule has 0 saturated carbocycles. The number of hydrogen-bond donors (Lipinski definition) is 2. The zero-order chi connectivity index (χ0) is 16.5. The van der Waals surface area contributed by atoms with Crippen molar-refractivity contribution in [2.45, 2.75) is 38.7 Å². The molecule has 1 heterocycles. The molecule has 2 N–H and O–H groups in total. The molecule has 0 aromatic heterocycles. The lowest BCUT2D eigenvalue weighted by atomic mass is 10.0. The predicted molar refractivity (Wildman–Crippen MR) is 94.4 cm³/mol. The van der Waals surface area contributed by atoms with E-state index in [0.29, 0.717) is 25.2 Å². The number of hydrogen-bond acceptors (Lipinski definition) is 3. The van der Waals surface area contributed by atoms with E-state index < -0.39 is 0 Å². The van der Waals surface area contributed by atoms with Crippen molar-refractivity contribution < 1.29 is 9.47 Å². The summed E-state index contributed by atoms with van der Waals surface area (Å²) in [6, 6.07) is 8.21. The van der Waals surface area contributed by atoms with Crippen molar-refractivity contribution >= 4 is 5.96 Å². The van der Waals surface area contributed by atoms with Gasteiger partial charge < -0.3 is 20.1 Å². The maximum Gasteiger partial charge on any atom is 0.191 e. The molecule has 1 aromatic carbocycles. The molecule has 5 heteroatoms. The fourth-order valence-corrected chi connectivity index (χ4v) is 2.66. The molecule has 1 aromatic rings. The van der Waals surface area contributed by atoms with Crippen LogP contribution in [0.1, 0.15) is 38.2 Å². The number of aliphatic imine (C=N–C) groups is 1. The fraction of sp³-hybridized carbons (Fsp3) is 0.611. The van der Waals surface area contributed by atoms with Gasteiger partial charge >= 0.3 is 0 Å². The Hall–Kier alpha value is -1.75. The highest BCUT2D eigenvalue weighted by Crippen LogP contribution is 2.25. The van der Waals surface area contributed by atoms with Gasteiger partial charge in [0.25, 0.3) is 0 Å². The number of para-hydroxylation sites is 1. The molecule has 1 atom stereocenters. The predicted octanol–water partition coefficient (Wildman–Crippen LogP) is 2.53. The number of nitrogens with zero attached hydrogens (tertiary/aromatic N) is 1.